The summed E-state index contributed by atoms with van der Waals surface area (Å²) in [6.45, 7) is 3.55. The van der Waals surface area contributed by atoms with Crippen molar-refractivity contribution in [3.63, 3.8) is 0 Å². The van der Waals surface area contributed by atoms with Gasteiger partial charge in [-0.25, -0.2) is 8.78 Å². The number of ether oxygens (including phenoxy) is 1. The standard InChI is InChI=1S/C12H13F2NO2/c1-12(6-17-7-12)5-15-11(16)9-3-2-8(13)4-10(9)14/h2-4H,5-7H2,1H3,(H,15,16). The van der Waals surface area contributed by atoms with Crippen molar-refractivity contribution in [1.82, 2.24) is 5.32 Å². The van der Waals surface area contributed by atoms with Crippen LogP contribution in [0.3, 0.4) is 0 Å². The molecule has 1 aromatic rings. The number of amides is 1. The van der Waals surface area contributed by atoms with Crippen molar-refractivity contribution in [2.75, 3.05) is 19.8 Å². The molecule has 0 atom stereocenters. The molecule has 1 heterocycles. The second kappa shape index (κ2) is 4.41. The van der Waals surface area contributed by atoms with Crippen molar-refractivity contribution in [3.8, 4) is 0 Å². The number of nitrogens with one attached hydrogen (secondary N) is 1. The quantitative estimate of drug-likeness (QED) is 0.875. The zero-order chi connectivity index (χ0) is 12.5. The van der Waals surface area contributed by atoms with Gasteiger partial charge in [-0.3, -0.25) is 4.79 Å². The fourth-order valence-electron chi connectivity index (χ4n) is 1.62. The van der Waals surface area contributed by atoms with E-state index in [9.17, 15) is 13.6 Å². The Balaban J connectivity index is 1.99. The van der Waals surface area contributed by atoms with Crippen LogP contribution in [0.5, 0.6) is 0 Å². The molecule has 2 rings (SSSR count). The molecule has 1 aliphatic rings. The normalized spacial score (nSPS) is 17.4. The molecule has 0 aromatic heterocycles. The number of hydrogen-bond donors (Lipinski definition) is 1. The average molecular weight is 241 g/mol. The molecule has 0 spiro atoms. The lowest BCUT2D eigenvalue weighted by Gasteiger charge is -2.38. The van der Waals surface area contributed by atoms with Crippen molar-refractivity contribution < 1.29 is 18.3 Å². The molecule has 3 nitrogen and oxygen atoms in total. The highest BCUT2D eigenvalue weighted by Gasteiger charge is 2.33. The van der Waals surface area contributed by atoms with E-state index < -0.39 is 17.5 Å². The van der Waals surface area contributed by atoms with Gasteiger partial charge in [0.25, 0.3) is 5.91 Å². The third-order valence-corrected chi connectivity index (χ3v) is 2.75. The molecule has 1 saturated heterocycles. The Hall–Kier alpha value is -1.49. The predicted octanol–water partition coefficient (Wildman–Crippen LogP) is 1.73. The average Bonchev–Trinajstić information content (AvgIpc) is 2.23. The smallest absolute Gasteiger partial charge is 0.254 e. The Morgan fingerprint density at radius 1 is 1.47 bits per heavy atom. The van der Waals surface area contributed by atoms with Crippen molar-refractivity contribution in [3.05, 3.63) is 35.4 Å². The monoisotopic (exact) mass is 241 g/mol. The van der Waals surface area contributed by atoms with E-state index in [0.29, 0.717) is 25.8 Å². The van der Waals surface area contributed by atoms with Crippen LogP contribution in [0.2, 0.25) is 0 Å². The molecular formula is C12H13F2NO2. The van der Waals surface area contributed by atoms with Crippen molar-refractivity contribution in [1.29, 1.82) is 0 Å². The molecule has 0 unspecified atom stereocenters. The summed E-state index contributed by atoms with van der Waals surface area (Å²) in [5.41, 5.74) is -0.221. The van der Waals surface area contributed by atoms with Crippen LogP contribution < -0.4 is 5.32 Å². The maximum Gasteiger partial charge on any atom is 0.254 e. The first-order chi connectivity index (χ1) is 8.00. The van der Waals surface area contributed by atoms with Gasteiger partial charge in [-0.05, 0) is 12.1 Å². The van der Waals surface area contributed by atoms with Gasteiger partial charge in [-0.2, -0.15) is 0 Å². The van der Waals surface area contributed by atoms with E-state index in [0.717, 1.165) is 12.1 Å². The molecule has 92 valence electrons. The Morgan fingerprint density at radius 2 is 2.18 bits per heavy atom. The summed E-state index contributed by atoms with van der Waals surface area (Å²) in [5, 5.41) is 2.62. The van der Waals surface area contributed by atoms with Gasteiger partial charge < -0.3 is 10.1 Å². The van der Waals surface area contributed by atoms with Crippen LogP contribution in [-0.4, -0.2) is 25.7 Å². The molecule has 1 fully saturated rings. The van der Waals surface area contributed by atoms with Gasteiger partial charge in [0.2, 0.25) is 0 Å². The van der Waals surface area contributed by atoms with E-state index in [2.05, 4.69) is 5.32 Å². The summed E-state index contributed by atoms with van der Waals surface area (Å²) in [5.74, 6) is -2.08. The maximum atomic E-state index is 13.3. The van der Waals surface area contributed by atoms with Crippen LogP contribution >= 0.6 is 0 Å². The zero-order valence-electron chi connectivity index (χ0n) is 9.43. The minimum Gasteiger partial charge on any atom is -0.380 e. The maximum absolute atomic E-state index is 13.3. The summed E-state index contributed by atoms with van der Waals surface area (Å²) in [6, 6.07) is 2.90. The van der Waals surface area contributed by atoms with E-state index in [1.54, 1.807) is 0 Å². The summed E-state index contributed by atoms with van der Waals surface area (Å²) in [6.07, 6.45) is 0. The summed E-state index contributed by atoms with van der Waals surface area (Å²) in [4.78, 5) is 11.6. The number of halogens is 2. The molecule has 0 aliphatic carbocycles. The molecular weight excluding hydrogens is 228 g/mol. The Labute approximate surface area is 97.8 Å². The summed E-state index contributed by atoms with van der Waals surface area (Å²) >= 11 is 0. The largest absolute Gasteiger partial charge is 0.380 e. The highest BCUT2D eigenvalue weighted by molar-refractivity contribution is 5.94. The van der Waals surface area contributed by atoms with Crippen LogP contribution in [0.25, 0.3) is 0 Å². The first kappa shape index (κ1) is 12.0. The first-order valence-corrected chi connectivity index (χ1v) is 5.31. The highest BCUT2D eigenvalue weighted by Crippen LogP contribution is 2.25. The third kappa shape index (κ3) is 2.61. The molecule has 0 bridgehead atoms. The van der Waals surface area contributed by atoms with E-state index in [-0.39, 0.29) is 11.0 Å². The Bertz CT molecular complexity index is 444. The third-order valence-electron chi connectivity index (χ3n) is 2.75. The number of benzene rings is 1. The Morgan fingerprint density at radius 3 is 2.71 bits per heavy atom. The van der Waals surface area contributed by atoms with Crippen LogP contribution in [0.4, 0.5) is 8.78 Å². The van der Waals surface area contributed by atoms with Crippen LogP contribution in [0, 0.1) is 17.0 Å². The lowest BCUT2D eigenvalue weighted by Crippen LogP contribution is -2.48. The van der Waals surface area contributed by atoms with Gasteiger partial charge >= 0.3 is 0 Å². The van der Waals surface area contributed by atoms with E-state index in [1.165, 1.54) is 0 Å². The molecule has 0 radical (unpaired) electrons. The highest BCUT2D eigenvalue weighted by atomic mass is 19.1. The van der Waals surface area contributed by atoms with E-state index in [4.69, 9.17) is 4.74 Å². The van der Waals surface area contributed by atoms with Crippen molar-refractivity contribution >= 4 is 5.91 Å². The number of carbonyl (C=O) groups excluding carboxylic acids is 1. The number of hydrogen-bond acceptors (Lipinski definition) is 2. The lowest BCUT2D eigenvalue weighted by atomic mass is 9.88. The Kier molecular flexibility index (Phi) is 3.11. The minimum absolute atomic E-state index is 0.0772. The van der Waals surface area contributed by atoms with Crippen LogP contribution in [0.1, 0.15) is 17.3 Å². The van der Waals surface area contributed by atoms with Gasteiger partial charge in [0.1, 0.15) is 11.6 Å². The second-order valence-corrected chi connectivity index (χ2v) is 4.61. The van der Waals surface area contributed by atoms with Gasteiger partial charge in [-0.1, -0.05) is 6.92 Å². The van der Waals surface area contributed by atoms with Crippen molar-refractivity contribution in [2.45, 2.75) is 6.92 Å². The predicted molar refractivity (Wildman–Crippen MR) is 57.6 cm³/mol. The van der Waals surface area contributed by atoms with Crippen LogP contribution in [-0.2, 0) is 4.74 Å². The molecule has 17 heavy (non-hydrogen) atoms. The zero-order valence-corrected chi connectivity index (χ0v) is 9.43. The first-order valence-electron chi connectivity index (χ1n) is 5.31. The topological polar surface area (TPSA) is 38.3 Å². The summed E-state index contributed by atoms with van der Waals surface area (Å²) < 4.78 is 31.0. The minimum atomic E-state index is -0.850. The number of carbonyl (C=O) groups is 1. The fraction of sp³-hybridized carbons (Fsp3) is 0.417. The van der Waals surface area contributed by atoms with Gasteiger partial charge in [-0.15, -0.1) is 0 Å². The van der Waals surface area contributed by atoms with Crippen LogP contribution in [0.15, 0.2) is 18.2 Å². The molecule has 1 amide bonds. The molecule has 1 aromatic carbocycles. The number of rotatable bonds is 3. The molecule has 1 aliphatic heterocycles. The second-order valence-electron chi connectivity index (χ2n) is 4.61. The van der Waals surface area contributed by atoms with Gasteiger partial charge in [0, 0.05) is 18.0 Å². The van der Waals surface area contributed by atoms with E-state index >= 15 is 0 Å². The van der Waals surface area contributed by atoms with Crippen molar-refractivity contribution in [2.24, 2.45) is 5.41 Å². The molecule has 5 heteroatoms. The molecule has 0 saturated carbocycles. The SMILES string of the molecule is CC1(CNC(=O)c2ccc(F)cc2F)COC1. The van der Waals surface area contributed by atoms with Gasteiger partial charge in [0.15, 0.2) is 0 Å². The molecule has 1 N–H and O–H groups in total. The van der Waals surface area contributed by atoms with E-state index in [1.807, 2.05) is 6.92 Å². The lowest BCUT2D eigenvalue weighted by molar-refractivity contribution is -0.0978. The summed E-state index contributed by atoms with van der Waals surface area (Å²) in [7, 11) is 0. The van der Waals surface area contributed by atoms with Gasteiger partial charge in [0.05, 0.1) is 18.8 Å². The fourth-order valence-corrected chi connectivity index (χ4v) is 1.62.